The molecule has 0 bridgehead atoms. The van der Waals surface area contributed by atoms with Gasteiger partial charge in [-0.05, 0) is 25.0 Å². The van der Waals surface area contributed by atoms with Crippen LogP contribution in [0.5, 0.6) is 0 Å². The van der Waals surface area contributed by atoms with Crippen molar-refractivity contribution in [3.8, 4) is 17.2 Å². The van der Waals surface area contributed by atoms with E-state index in [0.717, 1.165) is 16.7 Å². The molecular weight excluding hydrogens is 232 g/mol. The average Bonchev–Trinajstić information content (AvgIpc) is 2.32. The fourth-order valence-electron chi connectivity index (χ4n) is 1.76. The van der Waals surface area contributed by atoms with Crippen LogP contribution in [0.3, 0.4) is 0 Å². The minimum atomic E-state index is 0.278. The van der Waals surface area contributed by atoms with Crippen LogP contribution in [-0.4, -0.2) is 4.98 Å². The predicted octanol–water partition coefficient (Wildman–Crippen LogP) is 3.89. The minimum Gasteiger partial charge on any atom is -0.243 e. The molecule has 2 rings (SSSR count). The maximum absolute atomic E-state index is 8.85. The van der Waals surface area contributed by atoms with Crippen LogP contribution in [0.4, 0.5) is 0 Å². The number of benzene rings is 1. The van der Waals surface area contributed by atoms with E-state index in [0.29, 0.717) is 5.02 Å². The van der Waals surface area contributed by atoms with Gasteiger partial charge >= 0.3 is 0 Å². The zero-order chi connectivity index (χ0) is 12.4. The molecule has 0 radical (unpaired) electrons. The first-order chi connectivity index (χ1) is 8.13. The normalized spacial score (nSPS) is 10.0. The molecular formula is C14H11ClN2. The zero-order valence-electron chi connectivity index (χ0n) is 9.66. The van der Waals surface area contributed by atoms with Crippen molar-refractivity contribution < 1.29 is 0 Å². The quantitative estimate of drug-likeness (QED) is 0.761. The van der Waals surface area contributed by atoms with Crippen molar-refractivity contribution in [1.82, 2.24) is 4.98 Å². The van der Waals surface area contributed by atoms with Crippen LogP contribution < -0.4 is 0 Å². The summed E-state index contributed by atoms with van der Waals surface area (Å²) in [6.45, 7) is 3.94. The summed E-state index contributed by atoms with van der Waals surface area (Å²) in [4.78, 5) is 4.07. The van der Waals surface area contributed by atoms with Crippen LogP contribution in [0.1, 0.15) is 16.8 Å². The van der Waals surface area contributed by atoms with Gasteiger partial charge in [-0.1, -0.05) is 41.4 Å². The fraction of sp³-hybridized carbons (Fsp3) is 0.143. The van der Waals surface area contributed by atoms with Crippen LogP contribution in [0.2, 0.25) is 5.02 Å². The molecule has 0 N–H and O–H groups in total. The lowest BCUT2D eigenvalue weighted by Crippen LogP contribution is -1.92. The number of rotatable bonds is 1. The van der Waals surface area contributed by atoms with Gasteiger partial charge in [0.05, 0.1) is 5.02 Å². The highest BCUT2D eigenvalue weighted by Crippen LogP contribution is 2.29. The van der Waals surface area contributed by atoms with Gasteiger partial charge in [-0.25, -0.2) is 4.98 Å². The van der Waals surface area contributed by atoms with E-state index in [1.807, 2.05) is 38.1 Å². The minimum absolute atomic E-state index is 0.278. The van der Waals surface area contributed by atoms with Gasteiger partial charge in [0.25, 0.3) is 0 Å². The summed E-state index contributed by atoms with van der Waals surface area (Å²) in [6.07, 6.45) is 1.70. The second-order valence-electron chi connectivity index (χ2n) is 3.94. The molecule has 84 valence electrons. The molecule has 0 fully saturated rings. The first-order valence-corrected chi connectivity index (χ1v) is 5.63. The van der Waals surface area contributed by atoms with Gasteiger partial charge < -0.3 is 0 Å². The number of pyridine rings is 1. The van der Waals surface area contributed by atoms with Crippen LogP contribution in [0.25, 0.3) is 11.1 Å². The Kier molecular flexibility index (Phi) is 3.12. The standard InChI is InChI=1S/C14H11ClN2/c1-9-4-3-5-11(6-9)12-8-17-13(7-16)14(15)10(12)2/h3-6,8H,1-2H3. The van der Waals surface area contributed by atoms with Gasteiger partial charge in [-0.3, -0.25) is 0 Å². The number of aryl methyl sites for hydroxylation is 1. The Morgan fingerprint density at radius 1 is 1.29 bits per heavy atom. The number of halogens is 1. The molecule has 1 aromatic carbocycles. The smallest absolute Gasteiger partial charge is 0.159 e. The van der Waals surface area contributed by atoms with Crippen molar-refractivity contribution in [3.05, 3.63) is 52.3 Å². The van der Waals surface area contributed by atoms with Crippen molar-refractivity contribution >= 4 is 11.6 Å². The number of nitrogens with zero attached hydrogens (tertiary/aromatic N) is 2. The summed E-state index contributed by atoms with van der Waals surface area (Å²) in [6, 6.07) is 10.1. The second kappa shape index (κ2) is 4.57. The molecule has 1 heterocycles. The summed E-state index contributed by atoms with van der Waals surface area (Å²) in [5, 5.41) is 9.29. The van der Waals surface area contributed by atoms with Gasteiger partial charge in [0.2, 0.25) is 0 Å². The van der Waals surface area contributed by atoms with E-state index in [9.17, 15) is 0 Å². The SMILES string of the molecule is Cc1cccc(-c2cnc(C#N)c(Cl)c2C)c1. The highest BCUT2D eigenvalue weighted by Gasteiger charge is 2.10. The Morgan fingerprint density at radius 2 is 2.06 bits per heavy atom. The molecule has 1 aromatic heterocycles. The van der Waals surface area contributed by atoms with Crippen molar-refractivity contribution in [2.75, 3.05) is 0 Å². The Hall–Kier alpha value is -1.85. The molecule has 0 aliphatic rings. The highest BCUT2D eigenvalue weighted by atomic mass is 35.5. The first-order valence-electron chi connectivity index (χ1n) is 5.25. The van der Waals surface area contributed by atoms with Gasteiger partial charge in [0.15, 0.2) is 5.69 Å². The van der Waals surface area contributed by atoms with E-state index in [4.69, 9.17) is 16.9 Å². The van der Waals surface area contributed by atoms with Gasteiger partial charge in [-0.15, -0.1) is 0 Å². The fourth-order valence-corrected chi connectivity index (χ4v) is 1.95. The summed E-state index contributed by atoms with van der Waals surface area (Å²) < 4.78 is 0. The molecule has 3 heteroatoms. The number of nitriles is 1. The summed E-state index contributed by atoms with van der Waals surface area (Å²) in [5.74, 6) is 0. The topological polar surface area (TPSA) is 36.7 Å². The average molecular weight is 243 g/mol. The number of hydrogen-bond donors (Lipinski definition) is 0. The maximum atomic E-state index is 8.85. The molecule has 2 aromatic rings. The Labute approximate surface area is 105 Å². The highest BCUT2D eigenvalue weighted by molar-refractivity contribution is 6.32. The molecule has 0 amide bonds. The van der Waals surface area contributed by atoms with Gasteiger partial charge in [-0.2, -0.15) is 5.26 Å². The molecule has 0 saturated carbocycles. The van der Waals surface area contributed by atoms with Crippen molar-refractivity contribution in [3.63, 3.8) is 0 Å². The Bertz CT molecular complexity index is 612. The monoisotopic (exact) mass is 242 g/mol. The lowest BCUT2D eigenvalue weighted by atomic mass is 10.0. The van der Waals surface area contributed by atoms with E-state index in [1.165, 1.54) is 5.56 Å². The van der Waals surface area contributed by atoms with Crippen molar-refractivity contribution in [1.29, 1.82) is 5.26 Å². The Morgan fingerprint density at radius 3 is 2.71 bits per heavy atom. The summed E-state index contributed by atoms with van der Waals surface area (Å²) >= 11 is 6.10. The van der Waals surface area contributed by atoms with E-state index in [-0.39, 0.29) is 5.69 Å². The number of aromatic nitrogens is 1. The van der Waals surface area contributed by atoms with Gasteiger partial charge in [0.1, 0.15) is 6.07 Å². The Balaban J connectivity index is 2.62. The van der Waals surface area contributed by atoms with E-state index >= 15 is 0 Å². The van der Waals surface area contributed by atoms with Crippen LogP contribution >= 0.6 is 11.6 Å². The first kappa shape index (κ1) is 11.6. The van der Waals surface area contributed by atoms with Crippen molar-refractivity contribution in [2.45, 2.75) is 13.8 Å². The van der Waals surface area contributed by atoms with E-state index in [2.05, 4.69) is 11.1 Å². The molecule has 0 aliphatic carbocycles. The third kappa shape index (κ3) is 2.15. The van der Waals surface area contributed by atoms with Crippen LogP contribution in [0, 0.1) is 25.2 Å². The molecule has 0 unspecified atom stereocenters. The predicted molar refractivity (Wildman–Crippen MR) is 68.9 cm³/mol. The molecule has 17 heavy (non-hydrogen) atoms. The van der Waals surface area contributed by atoms with E-state index < -0.39 is 0 Å². The van der Waals surface area contributed by atoms with Crippen LogP contribution in [0.15, 0.2) is 30.5 Å². The van der Waals surface area contributed by atoms with Crippen molar-refractivity contribution in [2.24, 2.45) is 0 Å². The summed E-state index contributed by atoms with van der Waals surface area (Å²) in [5.41, 5.74) is 4.39. The number of hydrogen-bond acceptors (Lipinski definition) is 2. The third-order valence-corrected chi connectivity index (χ3v) is 3.16. The second-order valence-corrected chi connectivity index (χ2v) is 4.32. The molecule has 0 atom stereocenters. The zero-order valence-corrected chi connectivity index (χ0v) is 10.4. The maximum Gasteiger partial charge on any atom is 0.159 e. The summed E-state index contributed by atoms with van der Waals surface area (Å²) in [7, 11) is 0. The molecule has 2 nitrogen and oxygen atoms in total. The van der Waals surface area contributed by atoms with Gasteiger partial charge in [0, 0.05) is 11.8 Å². The lowest BCUT2D eigenvalue weighted by Gasteiger charge is -2.08. The molecule has 0 saturated heterocycles. The molecule has 0 aliphatic heterocycles. The third-order valence-electron chi connectivity index (χ3n) is 2.70. The lowest BCUT2D eigenvalue weighted by molar-refractivity contribution is 1.23. The largest absolute Gasteiger partial charge is 0.243 e. The van der Waals surface area contributed by atoms with E-state index in [1.54, 1.807) is 6.20 Å². The molecule has 0 spiro atoms. The van der Waals surface area contributed by atoms with Crippen LogP contribution in [-0.2, 0) is 0 Å².